The Balaban J connectivity index is 1.79. The summed E-state index contributed by atoms with van der Waals surface area (Å²) in [6.07, 6.45) is 3.01. The summed E-state index contributed by atoms with van der Waals surface area (Å²) in [5, 5.41) is 4.93. The molecule has 0 atom stereocenters. The third kappa shape index (κ3) is 4.14. The van der Waals surface area contributed by atoms with Crippen molar-refractivity contribution >= 4 is 33.2 Å². The van der Waals surface area contributed by atoms with Gasteiger partial charge in [0.1, 0.15) is 0 Å². The summed E-state index contributed by atoms with van der Waals surface area (Å²) in [5.41, 5.74) is 3.21. The molecule has 0 aliphatic carbocycles. The van der Waals surface area contributed by atoms with E-state index in [1.165, 1.54) is 5.56 Å². The molecule has 2 aromatic rings. The topological polar surface area (TPSA) is 42.0 Å². The van der Waals surface area contributed by atoms with Crippen LogP contribution in [0, 0.1) is 6.92 Å². The van der Waals surface area contributed by atoms with Crippen LogP contribution >= 0.6 is 27.3 Å². The number of amides is 1. The van der Waals surface area contributed by atoms with Gasteiger partial charge < -0.3 is 5.32 Å². The van der Waals surface area contributed by atoms with Gasteiger partial charge in [-0.25, -0.2) is 0 Å². The lowest BCUT2D eigenvalue weighted by atomic mass is 10.2. The van der Waals surface area contributed by atoms with Gasteiger partial charge in [-0.1, -0.05) is 6.07 Å². The molecule has 100 valence electrons. The second-order valence-corrected chi connectivity index (χ2v) is 6.50. The van der Waals surface area contributed by atoms with Crippen molar-refractivity contribution in [3.8, 4) is 0 Å². The number of hydrogen-bond donors (Lipinski definition) is 1. The summed E-state index contributed by atoms with van der Waals surface area (Å²) in [5.74, 6) is 0.0585. The second-order valence-electron chi connectivity index (χ2n) is 4.26. The fourth-order valence-corrected chi connectivity index (χ4v) is 3.05. The van der Waals surface area contributed by atoms with E-state index in [1.807, 2.05) is 30.5 Å². The van der Waals surface area contributed by atoms with Crippen molar-refractivity contribution in [3.05, 3.63) is 50.4 Å². The number of carbonyl (C=O) groups is 1. The number of aryl methyl sites for hydroxylation is 2. The molecular formula is C14H15BrN2OS. The Kier molecular flexibility index (Phi) is 5.10. The maximum Gasteiger partial charge on any atom is 0.220 e. The highest BCUT2D eigenvalue weighted by atomic mass is 79.9. The number of thiophene rings is 1. The number of aromatic nitrogens is 1. The van der Waals surface area contributed by atoms with Crippen molar-refractivity contribution in [2.75, 3.05) is 0 Å². The molecule has 2 aromatic heterocycles. The van der Waals surface area contributed by atoms with Crippen molar-refractivity contribution in [2.24, 2.45) is 0 Å². The monoisotopic (exact) mass is 338 g/mol. The van der Waals surface area contributed by atoms with Crippen molar-refractivity contribution < 1.29 is 4.79 Å². The molecule has 19 heavy (non-hydrogen) atoms. The molecule has 0 saturated carbocycles. The lowest BCUT2D eigenvalue weighted by Crippen LogP contribution is -2.23. The number of hydrogen-bond acceptors (Lipinski definition) is 3. The zero-order valence-corrected chi connectivity index (χ0v) is 13.1. The molecule has 0 unspecified atom stereocenters. The zero-order chi connectivity index (χ0) is 13.7. The lowest BCUT2D eigenvalue weighted by molar-refractivity contribution is -0.121. The summed E-state index contributed by atoms with van der Waals surface area (Å²) in [6, 6.07) is 5.94. The first-order chi connectivity index (χ1) is 9.16. The molecule has 0 aliphatic rings. The molecule has 0 aromatic carbocycles. The average Bonchev–Trinajstić information content (AvgIpc) is 2.81. The molecule has 0 bridgehead atoms. The molecule has 0 fully saturated rings. The molecule has 0 spiro atoms. The largest absolute Gasteiger partial charge is 0.350 e. The van der Waals surface area contributed by atoms with Gasteiger partial charge in [0, 0.05) is 12.6 Å². The first kappa shape index (κ1) is 14.2. The van der Waals surface area contributed by atoms with Crippen molar-refractivity contribution in [3.63, 3.8) is 0 Å². The number of rotatable bonds is 5. The SMILES string of the molecule is Cc1cccnc1CNC(=O)CCc1ccsc1Br. The van der Waals surface area contributed by atoms with Crippen molar-refractivity contribution in [2.45, 2.75) is 26.3 Å². The molecule has 5 heteroatoms. The van der Waals surface area contributed by atoms with Gasteiger partial charge in [-0.3, -0.25) is 9.78 Å². The van der Waals surface area contributed by atoms with Gasteiger partial charge in [-0.2, -0.15) is 0 Å². The number of nitrogens with one attached hydrogen (secondary N) is 1. The highest BCUT2D eigenvalue weighted by molar-refractivity contribution is 9.11. The third-order valence-corrected chi connectivity index (χ3v) is 4.70. The molecule has 2 rings (SSSR count). The van der Waals surface area contributed by atoms with Crippen LogP contribution in [0.25, 0.3) is 0 Å². The summed E-state index contributed by atoms with van der Waals surface area (Å²) in [7, 11) is 0. The Hall–Kier alpha value is -1.20. The number of halogens is 1. The van der Waals surface area contributed by atoms with E-state index in [-0.39, 0.29) is 5.91 Å². The number of carbonyl (C=O) groups excluding carboxylic acids is 1. The summed E-state index contributed by atoms with van der Waals surface area (Å²) in [4.78, 5) is 16.0. The Morgan fingerprint density at radius 1 is 1.47 bits per heavy atom. The van der Waals surface area contributed by atoms with Crippen LogP contribution in [0.4, 0.5) is 0 Å². The van der Waals surface area contributed by atoms with E-state index in [9.17, 15) is 4.79 Å². The maximum atomic E-state index is 11.8. The van der Waals surface area contributed by atoms with E-state index in [2.05, 4.69) is 26.2 Å². The minimum atomic E-state index is 0.0585. The maximum absolute atomic E-state index is 11.8. The van der Waals surface area contributed by atoms with E-state index in [1.54, 1.807) is 17.5 Å². The van der Waals surface area contributed by atoms with Crippen LogP contribution in [-0.4, -0.2) is 10.9 Å². The van der Waals surface area contributed by atoms with Gasteiger partial charge in [0.05, 0.1) is 16.0 Å². The molecular weight excluding hydrogens is 324 g/mol. The quantitative estimate of drug-likeness (QED) is 0.906. The molecule has 0 saturated heterocycles. The van der Waals surface area contributed by atoms with E-state index in [0.29, 0.717) is 13.0 Å². The van der Waals surface area contributed by atoms with Crippen molar-refractivity contribution in [1.29, 1.82) is 0 Å². The van der Waals surface area contributed by atoms with Gasteiger partial charge >= 0.3 is 0 Å². The Labute approximate surface area is 125 Å². The average molecular weight is 339 g/mol. The van der Waals surface area contributed by atoms with Crippen LogP contribution in [0.3, 0.4) is 0 Å². The highest BCUT2D eigenvalue weighted by Crippen LogP contribution is 2.24. The van der Waals surface area contributed by atoms with Gasteiger partial charge in [-0.15, -0.1) is 11.3 Å². The smallest absolute Gasteiger partial charge is 0.220 e. The van der Waals surface area contributed by atoms with E-state index >= 15 is 0 Å². The molecule has 1 amide bonds. The lowest BCUT2D eigenvalue weighted by Gasteiger charge is -2.06. The second kappa shape index (κ2) is 6.82. The Morgan fingerprint density at radius 3 is 3.00 bits per heavy atom. The fourth-order valence-electron chi connectivity index (χ4n) is 1.72. The van der Waals surface area contributed by atoms with Crippen LogP contribution in [-0.2, 0) is 17.8 Å². The van der Waals surface area contributed by atoms with Gasteiger partial charge in [0.15, 0.2) is 0 Å². The van der Waals surface area contributed by atoms with E-state index < -0.39 is 0 Å². The van der Waals surface area contributed by atoms with Crippen LogP contribution in [0.5, 0.6) is 0 Å². The summed E-state index contributed by atoms with van der Waals surface area (Å²) < 4.78 is 1.11. The predicted molar refractivity (Wildman–Crippen MR) is 81.2 cm³/mol. The van der Waals surface area contributed by atoms with Crippen molar-refractivity contribution in [1.82, 2.24) is 10.3 Å². The predicted octanol–water partition coefficient (Wildman–Crippen LogP) is 3.46. The zero-order valence-electron chi connectivity index (χ0n) is 10.6. The number of nitrogens with zero attached hydrogens (tertiary/aromatic N) is 1. The van der Waals surface area contributed by atoms with Crippen LogP contribution in [0.15, 0.2) is 33.6 Å². The first-order valence-corrected chi connectivity index (χ1v) is 7.73. The fraction of sp³-hybridized carbons (Fsp3) is 0.286. The minimum absolute atomic E-state index is 0.0585. The van der Waals surface area contributed by atoms with Gasteiger partial charge in [0.2, 0.25) is 5.91 Å². The molecule has 1 N–H and O–H groups in total. The van der Waals surface area contributed by atoms with E-state index in [4.69, 9.17) is 0 Å². The molecule has 0 radical (unpaired) electrons. The van der Waals surface area contributed by atoms with Gasteiger partial charge in [-0.05, 0) is 57.9 Å². The third-order valence-electron chi connectivity index (χ3n) is 2.89. The highest BCUT2D eigenvalue weighted by Gasteiger charge is 2.06. The molecule has 0 aliphatic heterocycles. The van der Waals surface area contributed by atoms with Crippen LogP contribution in [0.2, 0.25) is 0 Å². The normalized spacial score (nSPS) is 10.4. The van der Waals surface area contributed by atoms with Gasteiger partial charge in [0.25, 0.3) is 0 Å². The Morgan fingerprint density at radius 2 is 2.32 bits per heavy atom. The molecule has 2 heterocycles. The Bertz CT molecular complexity index is 568. The summed E-state index contributed by atoms with van der Waals surface area (Å²) in [6.45, 7) is 2.49. The minimum Gasteiger partial charge on any atom is -0.350 e. The standard InChI is InChI=1S/C14H15BrN2OS/c1-10-3-2-7-16-12(10)9-17-13(18)5-4-11-6-8-19-14(11)15/h2-3,6-8H,4-5,9H2,1H3,(H,17,18). The van der Waals surface area contributed by atoms with Crippen LogP contribution < -0.4 is 5.32 Å². The van der Waals surface area contributed by atoms with Crippen LogP contribution in [0.1, 0.15) is 23.2 Å². The summed E-state index contributed by atoms with van der Waals surface area (Å²) >= 11 is 5.12. The first-order valence-electron chi connectivity index (χ1n) is 6.06. The van der Waals surface area contributed by atoms with E-state index in [0.717, 1.165) is 21.5 Å². The number of pyridine rings is 1. The molecule has 3 nitrogen and oxygen atoms in total.